The highest BCUT2D eigenvalue weighted by atomic mass is 79.9. The first kappa shape index (κ1) is 17.5. The third kappa shape index (κ3) is 3.14. The lowest BCUT2D eigenvalue weighted by Crippen LogP contribution is -2.57. The molecule has 0 aliphatic carbocycles. The van der Waals surface area contributed by atoms with Gasteiger partial charge in [0.1, 0.15) is 29.9 Å². The van der Waals surface area contributed by atoms with E-state index in [1.807, 2.05) is 12.1 Å². The minimum atomic E-state index is -1.40. The van der Waals surface area contributed by atoms with Gasteiger partial charge < -0.3 is 30.1 Å². The lowest BCUT2D eigenvalue weighted by atomic mass is 10.0. The van der Waals surface area contributed by atoms with Crippen LogP contribution in [0.3, 0.4) is 0 Å². The van der Waals surface area contributed by atoms with Gasteiger partial charge in [0.25, 0.3) is 0 Å². The molecule has 0 spiro atoms. The Bertz CT molecular complexity index is 712. The third-order valence-electron chi connectivity index (χ3n) is 3.79. The average Bonchev–Trinajstić information content (AvgIpc) is 2.95. The minimum absolute atomic E-state index is 0.456. The van der Waals surface area contributed by atoms with Crippen molar-refractivity contribution in [3.05, 3.63) is 27.8 Å². The second-order valence-electron chi connectivity index (χ2n) is 5.25. The maximum atomic E-state index is 10.1. The number of aliphatic hydroxyl groups is 4. The van der Waals surface area contributed by atoms with E-state index in [-0.39, 0.29) is 0 Å². The number of aliphatic hydroxyl groups excluding tert-OH is 4. The van der Waals surface area contributed by atoms with Crippen LogP contribution >= 0.6 is 39.3 Å². The molecule has 1 aromatic carbocycles. The normalized spacial score (nSPS) is 31.7. The number of aromatic nitrogens is 1. The summed E-state index contributed by atoms with van der Waals surface area (Å²) in [4.78, 5) is 3.81. The predicted octanol–water partition coefficient (Wildman–Crippen LogP) is 1.48. The van der Waals surface area contributed by atoms with Gasteiger partial charge in [-0.25, -0.2) is 0 Å². The maximum Gasteiger partial charge on any atom is 0.136 e. The van der Waals surface area contributed by atoms with Gasteiger partial charge in [-0.05, 0) is 28.1 Å². The van der Waals surface area contributed by atoms with Crippen molar-refractivity contribution in [2.24, 2.45) is 0 Å². The molecule has 1 aliphatic rings. The van der Waals surface area contributed by atoms with E-state index in [9.17, 15) is 20.4 Å². The Morgan fingerprint density at radius 1 is 1.22 bits per heavy atom. The Balaban J connectivity index is 1.91. The molecule has 3 rings (SSSR count). The maximum absolute atomic E-state index is 10.1. The highest BCUT2D eigenvalue weighted by Gasteiger charge is 2.44. The van der Waals surface area contributed by atoms with Gasteiger partial charge in [-0.2, -0.15) is 0 Å². The number of hydrogen-bond acceptors (Lipinski definition) is 6. The van der Waals surface area contributed by atoms with Crippen LogP contribution in [0.4, 0.5) is 0 Å². The van der Waals surface area contributed by atoms with E-state index in [4.69, 9.17) is 16.3 Å². The molecule has 2 aromatic rings. The molecule has 0 unspecified atom stereocenters. The molecule has 1 fully saturated rings. The predicted molar refractivity (Wildman–Crippen MR) is 90.6 cm³/mol. The van der Waals surface area contributed by atoms with Crippen LogP contribution in [0.15, 0.2) is 27.7 Å². The van der Waals surface area contributed by atoms with Crippen LogP contribution in [0.25, 0.3) is 10.9 Å². The lowest BCUT2D eigenvalue weighted by Gasteiger charge is -2.39. The summed E-state index contributed by atoms with van der Waals surface area (Å²) in [6, 6.07) is 3.69. The molecule has 2 heterocycles. The fraction of sp³-hybridized carbons (Fsp3) is 0.429. The summed E-state index contributed by atoms with van der Waals surface area (Å²) in [5.41, 5.74) is -0.0233. The number of ether oxygens (including phenoxy) is 1. The lowest BCUT2D eigenvalue weighted by molar-refractivity contribution is -0.205. The second kappa shape index (κ2) is 6.89. The number of benzene rings is 1. The summed E-state index contributed by atoms with van der Waals surface area (Å²) in [6.45, 7) is -0.456. The number of halogens is 2. The summed E-state index contributed by atoms with van der Waals surface area (Å²) < 4.78 is 6.25. The van der Waals surface area contributed by atoms with E-state index >= 15 is 0 Å². The zero-order valence-electron chi connectivity index (χ0n) is 11.7. The molecule has 6 nitrogen and oxygen atoms in total. The molecule has 126 valence electrons. The van der Waals surface area contributed by atoms with Crippen molar-refractivity contribution in [3.63, 3.8) is 0 Å². The first-order chi connectivity index (χ1) is 10.9. The Hall–Kier alpha value is -0.320. The average molecular weight is 425 g/mol. The van der Waals surface area contributed by atoms with Crippen LogP contribution in [0.2, 0.25) is 5.02 Å². The van der Waals surface area contributed by atoms with Crippen molar-refractivity contribution in [3.8, 4) is 0 Å². The number of fused-ring (bicyclic) bond motifs is 1. The number of rotatable bonds is 3. The van der Waals surface area contributed by atoms with E-state index in [0.29, 0.717) is 5.02 Å². The van der Waals surface area contributed by atoms with Crippen molar-refractivity contribution in [2.45, 2.75) is 34.7 Å². The molecule has 0 bridgehead atoms. The molecule has 23 heavy (non-hydrogen) atoms. The van der Waals surface area contributed by atoms with E-state index in [1.54, 1.807) is 6.20 Å². The molecular formula is C14H15BrClNO5S. The molecule has 0 radical (unpaired) electrons. The standard InChI is InChI=1S/C14H15BrClNO5S/c15-5-1-2-6-9(10(5)16)8(3-17-6)23-14-13(21)12(20)11(19)7(4-18)22-14/h1-3,7,11-14,17-21H,4H2/t7-,11+,12+,13-,14+/m1/s1. The van der Waals surface area contributed by atoms with E-state index in [0.717, 1.165) is 20.3 Å². The van der Waals surface area contributed by atoms with Gasteiger partial charge in [0, 0.05) is 26.5 Å². The summed E-state index contributed by atoms with van der Waals surface area (Å²) in [7, 11) is 0. The van der Waals surface area contributed by atoms with Crippen LogP contribution in [-0.4, -0.2) is 61.9 Å². The summed E-state index contributed by atoms with van der Waals surface area (Å²) in [6.07, 6.45) is -3.26. The Morgan fingerprint density at radius 2 is 1.96 bits per heavy atom. The second-order valence-corrected chi connectivity index (χ2v) is 7.62. The highest BCUT2D eigenvalue weighted by molar-refractivity contribution is 9.10. The van der Waals surface area contributed by atoms with E-state index < -0.39 is 36.5 Å². The molecular weight excluding hydrogens is 410 g/mol. The van der Waals surface area contributed by atoms with Gasteiger partial charge in [0.05, 0.1) is 11.6 Å². The minimum Gasteiger partial charge on any atom is -0.394 e. The van der Waals surface area contributed by atoms with E-state index in [2.05, 4.69) is 20.9 Å². The van der Waals surface area contributed by atoms with Crippen molar-refractivity contribution in [1.82, 2.24) is 4.98 Å². The quantitative estimate of drug-likeness (QED) is 0.511. The number of thioether (sulfide) groups is 1. The monoisotopic (exact) mass is 423 g/mol. The van der Waals surface area contributed by atoms with E-state index in [1.165, 1.54) is 11.8 Å². The summed E-state index contributed by atoms with van der Waals surface area (Å²) in [5, 5.41) is 40.3. The Morgan fingerprint density at radius 3 is 2.65 bits per heavy atom. The molecule has 1 saturated heterocycles. The zero-order chi connectivity index (χ0) is 16.7. The fourth-order valence-electron chi connectivity index (χ4n) is 2.51. The smallest absolute Gasteiger partial charge is 0.136 e. The van der Waals surface area contributed by atoms with Gasteiger partial charge in [-0.1, -0.05) is 23.4 Å². The number of nitrogens with one attached hydrogen (secondary N) is 1. The van der Waals surface area contributed by atoms with Crippen LogP contribution in [-0.2, 0) is 4.74 Å². The molecule has 5 atom stereocenters. The van der Waals surface area contributed by atoms with Gasteiger partial charge in [-0.15, -0.1) is 0 Å². The number of H-pyrrole nitrogens is 1. The van der Waals surface area contributed by atoms with Crippen molar-refractivity contribution >= 4 is 50.2 Å². The topological polar surface area (TPSA) is 106 Å². The van der Waals surface area contributed by atoms with Crippen LogP contribution in [0.1, 0.15) is 0 Å². The zero-order valence-corrected chi connectivity index (χ0v) is 14.8. The number of hydrogen-bond donors (Lipinski definition) is 5. The van der Waals surface area contributed by atoms with Crippen molar-refractivity contribution in [1.29, 1.82) is 0 Å². The first-order valence-corrected chi connectivity index (χ1v) is 8.91. The molecule has 9 heteroatoms. The van der Waals surface area contributed by atoms with Gasteiger partial charge in [0.2, 0.25) is 0 Å². The van der Waals surface area contributed by atoms with Gasteiger partial charge in [0.15, 0.2) is 0 Å². The molecule has 0 saturated carbocycles. The van der Waals surface area contributed by atoms with Gasteiger partial charge in [-0.3, -0.25) is 0 Å². The first-order valence-electron chi connectivity index (χ1n) is 6.86. The molecule has 0 amide bonds. The van der Waals surface area contributed by atoms with Crippen molar-refractivity contribution in [2.75, 3.05) is 6.61 Å². The van der Waals surface area contributed by atoms with Crippen LogP contribution < -0.4 is 0 Å². The Kier molecular flexibility index (Phi) is 5.24. The third-order valence-corrected chi connectivity index (χ3v) is 6.27. The van der Waals surface area contributed by atoms with Crippen LogP contribution in [0, 0.1) is 0 Å². The van der Waals surface area contributed by atoms with Gasteiger partial charge >= 0.3 is 0 Å². The molecule has 1 aliphatic heterocycles. The largest absolute Gasteiger partial charge is 0.394 e. The summed E-state index contributed by atoms with van der Waals surface area (Å²) in [5.74, 6) is 0. The Labute approximate surface area is 149 Å². The SMILES string of the molecule is OC[C@H]1O[C@@H](Sc2c[nH]c3ccc(Br)c(Cl)c23)[C@H](O)[C@@H](O)[C@H]1O. The fourth-order valence-corrected chi connectivity index (χ4v) is 4.37. The summed E-state index contributed by atoms with van der Waals surface area (Å²) >= 11 is 10.9. The van der Waals surface area contributed by atoms with Crippen LogP contribution in [0.5, 0.6) is 0 Å². The number of aromatic amines is 1. The molecule has 5 N–H and O–H groups in total. The molecule has 1 aromatic heterocycles. The highest BCUT2D eigenvalue weighted by Crippen LogP contribution is 2.41. The van der Waals surface area contributed by atoms with Crippen molar-refractivity contribution < 1.29 is 25.2 Å².